The number of ether oxygens (including phenoxy) is 1. The monoisotopic (exact) mass is 338 g/mol. The van der Waals surface area contributed by atoms with Gasteiger partial charge in [-0.1, -0.05) is 12.1 Å². The zero-order valence-corrected chi connectivity index (χ0v) is 12.8. The largest absolute Gasteiger partial charge is 0.497 e. The molecule has 20 heavy (non-hydrogen) atoms. The highest BCUT2D eigenvalue weighted by atomic mass is 79.9. The summed E-state index contributed by atoms with van der Waals surface area (Å²) in [5, 5.41) is 8.76. The molecule has 0 atom stereocenters. The van der Waals surface area contributed by atoms with Gasteiger partial charge in [-0.15, -0.1) is 0 Å². The van der Waals surface area contributed by atoms with E-state index in [0.717, 1.165) is 27.4 Å². The Labute approximate surface area is 125 Å². The van der Waals surface area contributed by atoms with E-state index >= 15 is 0 Å². The van der Waals surface area contributed by atoms with E-state index in [1.165, 1.54) is 0 Å². The third-order valence-electron chi connectivity index (χ3n) is 2.99. The third kappa shape index (κ3) is 3.01. The van der Waals surface area contributed by atoms with Gasteiger partial charge in [0.25, 0.3) is 0 Å². The molecule has 0 aliphatic carbocycles. The van der Waals surface area contributed by atoms with Crippen LogP contribution in [0, 0.1) is 0 Å². The molecular weight excluding hydrogens is 324 g/mol. The molecule has 2 aromatic rings. The molecule has 0 spiro atoms. The predicted molar refractivity (Wildman–Crippen MR) is 78.9 cm³/mol. The number of methoxy groups -OCH3 is 1. The molecule has 0 unspecified atom stereocenters. The highest BCUT2D eigenvalue weighted by Gasteiger charge is 2.15. The smallest absolute Gasteiger partial charge is 0.303 e. The second kappa shape index (κ2) is 6.09. The molecule has 0 saturated heterocycles. The van der Waals surface area contributed by atoms with E-state index in [2.05, 4.69) is 20.9 Å². The first-order valence-electron chi connectivity index (χ1n) is 6.10. The summed E-state index contributed by atoms with van der Waals surface area (Å²) in [7, 11) is 3.50. The predicted octanol–water partition coefficient (Wildman–Crippen LogP) is 2.88. The maximum atomic E-state index is 10.7. The van der Waals surface area contributed by atoms with Gasteiger partial charge in [0.1, 0.15) is 16.2 Å². The second-order valence-electron chi connectivity index (χ2n) is 4.36. The Hall–Kier alpha value is -1.82. The number of aryl methyl sites for hydroxylation is 1. The van der Waals surface area contributed by atoms with E-state index in [9.17, 15) is 4.79 Å². The van der Waals surface area contributed by atoms with Crippen LogP contribution in [0.15, 0.2) is 28.9 Å². The van der Waals surface area contributed by atoms with Gasteiger partial charge in [0, 0.05) is 19.0 Å². The summed E-state index contributed by atoms with van der Waals surface area (Å²) in [6.07, 6.45) is 0.459. The van der Waals surface area contributed by atoms with E-state index < -0.39 is 5.97 Å². The average Bonchev–Trinajstić information content (AvgIpc) is 2.73. The zero-order chi connectivity index (χ0) is 14.7. The Bertz CT molecular complexity index is 637. The molecule has 0 aliphatic rings. The quantitative estimate of drug-likeness (QED) is 0.910. The lowest BCUT2D eigenvalue weighted by atomic mass is 10.2. The molecule has 0 bridgehead atoms. The number of hydrogen-bond donors (Lipinski definition) is 1. The van der Waals surface area contributed by atoms with E-state index in [0.29, 0.717) is 6.42 Å². The van der Waals surface area contributed by atoms with Gasteiger partial charge in [-0.2, -0.15) is 0 Å². The molecule has 106 valence electrons. The number of nitrogens with zero attached hydrogens (tertiary/aromatic N) is 2. The van der Waals surface area contributed by atoms with Crippen LogP contribution in [-0.2, 0) is 18.3 Å². The Morgan fingerprint density at radius 2 is 2.25 bits per heavy atom. The summed E-state index contributed by atoms with van der Waals surface area (Å²) in [5.41, 5.74) is 1.67. The SMILES string of the molecule is COc1cccc(-c2nc(CCC(=O)O)c(Br)n2C)c1. The summed E-state index contributed by atoms with van der Waals surface area (Å²) in [6, 6.07) is 7.61. The maximum Gasteiger partial charge on any atom is 0.303 e. The van der Waals surface area contributed by atoms with Crippen LogP contribution in [0.1, 0.15) is 12.1 Å². The van der Waals surface area contributed by atoms with Gasteiger partial charge < -0.3 is 14.4 Å². The van der Waals surface area contributed by atoms with Crippen LogP contribution in [0.5, 0.6) is 5.75 Å². The third-order valence-corrected chi connectivity index (χ3v) is 3.98. The average molecular weight is 339 g/mol. The number of rotatable bonds is 5. The lowest BCUT2D eigenvalue weighted by Crippen LogP contribution is -1.98. The number of carboxylic acid groups (broad SMARTS) is 1. The first-order chi connectivity index (χ1) is 9.52. The van der Waals surface area contributed by atoms with E-state index in [-0.39, 0.29) is 6.42 Å². The van der Waals surface area contributed by atoms with Crippen LogP contribution >= 0.6 is 15.9 Å². The number of benzene rings is 1. The van der Waals surface area contributed by atoms with Gasteiger partial charge in [0.15, 0.2) is 0 Å². The number of carboxylic acids is 1. The van der Waals surface area contributed by atoms with Crippen molar-refractivity contribution in [3.63, 3.8) is 0 Å². The van der Waals surface area contributed by atoms with Crippen molar-refractivity contribution >= 4 is 21.9 Å². The molecule has 5 nitrogen and oxygen atoms in total. The second-order valence-corrected chi connectivity index (χ2v) is 5.11. The van der Waals surface area contributed by atoms with E-state index in [1.54, 1.807) is 7.11 Å². The standard InChI is InChI=1S/C14H15BrN2O3/c1-17-13(15)11(6-7-12(18)19)16-14(17)9-4-3-5-10(8-9)20-2/h3-5,8H,6-7H2,1-2H3,(H,18,19). The first kappa shape index (κ1) is 14.6. The number of aromatic nitrogens is 2. The molecule has 6 heteroatoms. The summed E-state index contributed by atoms with van der Waals surface area (Å²) in [4.78, 5) is 15.2. The summed E-state index contributed by atoms with van der Waals surface area (Å²) >= 11 is 3.46. The fraction of sp³-hybridized carbons (Fsp3) is 0.286. The molecule has 1 heterocycles. The van der Waals surface area contributed by atoms with Crippen LogP contribution in [-0.4, -0.2) is 27.7 Å². The van der Waals surface area contributed by atoms with Gasteiger partial charge in [-0.05, 0) is 28.1 Å². The van der Waals surface area contributed by atoms with Crippen molar-refractivity contribution in [3.8, 4) is 17.1 Å². The van der Waals surface area contributed by atoms with Crippen molar-refractivity contribution in [2.45, 2.75) is 12.8 Å². The molecule has 1 aromatic heterocycles. The Kier molecular flexibility index (Phi) is 4.44. The van der Waals surface area contributed by atoms with Gasteiger partial charge in [0.2, 0.25) is 0 Å². The fourth-order valence-electron chi connectivity index (χ4n) is 1.94. The van der Waals surface area contributed by atoms with Gasteiger partial charge in [0.05, 0.1) is 19.2 Å². The molecule has 0 fully saturated rings. The van der Waals surface area contributed by atoms with Crippen LogP contribution in [0.25, 0.3) is 11.4 Å². The Morgan fingerprint density at radius 3 is 2.90 bits per heavy atom. The number of hydrogen-bond acceptors (Lipinski definition) is 3. The minimum Gasteiger partial charge on any atom is -0.497 e. The molecule has 0 saturated carbocycles. The summed E-state index contributed by atoms with van der Waals surface area (Å²) in [6.45, 7) is 0. The van der Waals surface area contributed by atoms with Crippen molar-refractivity contribution in [3.05, 3.63) is 34.6 Å². The summed E-state index contributed by atoms with van der Waals surface area (Å²) in [5.74, 6) is 0.704. The van der Waals surface area contributed by atoms with Crippen molar-refractivity contribution in [2.75, 3.05) is 7.11 Å². The Morgan fingerprint density at radius 1 is 1.50 bits per heavy atom. The van der Waals surface area contributed by atoms with E-state index in [1.807, 2.05) is 35.9 Å². The van der Waals surface area contributed by atoms with E-state index in [4.69, 9.17) is 9.84 Å². The van der Waals surface area contributed by atoms with Gasteiger partial charge in [-0.3, -0.25) is 4.79 Å². The van der Waals surface area contributed by atoms with Crippen LogP contribution < -0.4 is 4.74 Å². The minimum atomic E-state index is -0.828. The van der Waals surface area contributed by atoms with Crippen LogP contribution in [0.3, 0.4) is 0 Å². The topological polar surface area (TPSA) is 64.3 Å². The molecule has 1 N–H and O–H groups in total. The number of imidazole rings is 1. The summed E-state index contributed by atoms with van der Waals surface area (Å²) < 4.78 is 7.90. The number of aliphatic carboxylic acids is 1. The molecule has 2 rings (SSSR count). The molecule has 1 aromatic carbocycles. The minimum absolute atomic E-state index is 0.0627. The van der Waals surface area contributed by atoms with Gasteiger partial charge >= 0.3 is 5.97 Å². The normalized spacial score (nSPS) is 10.6. The van der Waals surface area contributed by atoms with Crippen molar-refractivity contribution in [2.24, 2.45) is 7.05 Å². The van der Waals surface area contributed by atoms with Crippen molar-refractivity contribution in [1.29, 1.82) is 0 Å². The van der Waals surface area contributed by atoms with Crippen LogP contribution in [0.4, 0.5) is 0 Å². The zero-order valence-electron chi connectivity index (χ0n) is 11.3. The van der Waals surface area contributed by atoms with Crippen molar-refractivity contribution in [1.82, 2.24) is 9.55 Å². The molecular formula is C14H15BrN2O3. The highest BCUT2D eigenvalue weighted by Crippen LogP contribution is 2.28. The number of carbonyl (C=O) groups is 1. The maximum absolute atomic E-state index is 10.7. The van der Waals surface area contributed by atoms with Gasteiger partial charge in [-0.25, -0.2) is 4.98 Å². The Balaban J connectivity index is 2.36. The molecule has 0 radical (unpaired) electrons. The number of halogens is 1. The molecule has 0 amide bonds. The lowest BCUT2D eigenvalue weighted by molar-refractivity contribution is -0.136. The fourth-order valence-corrected chi connectivity index (χ4v) is 2.40. The first-order valence-corrected chi connectivity index (χ1v) is 6.89. The highest BCUT2D eigenvalue weighted by molar-refractivity contribution is 9.10. The lowest BCUT2D eigenvalue weighted by Gasteiger charge is -2.04. The van der Waals surface area contributed by atoms with Crippen molar-refractivity contribution < 1.29 is 14.6 Å². The molecule has 0 aliphatic heterocycles. The van der Waals surface area contributed by atoms with Crippen LogP contribution in [0.2, 0.25) is 0 Å².